The smallest absolute Gasteiger partial charge is 0.276 e. The normalized spacial score (nSPS) is 18.1. The van der Waals surface area contributed by atoms with E-state index in [0.717, 1.165) is 8.47 Å². The predicted octanol–water partition coefficient (Wildman–Crippen LogP) is 2.29. The van der Waals surface area contributed by atoms with E-state index in [2.05, 4.69) is 37.9 Å². The molecule has 1 saturated heterocycles. The van der Waals surface area contributed by atoms with Crippen LogP contribution in [0.25, 0.3) is 0 Å². The second-order valence-electron chi connectivity index (χ2n) is 4.91. The van der Waals surface area contributed by atoms with Gasteiger partial charge in [-0.3, -0.25) is 24.9 Å². The van der Waals surface area contributed by atoms with Crippen molar-refractivity contribution in [3.63, 3.8) is 0 Å². The summed E-state index contributed by atoms with van der Waals surface area (Å²) in [5.74, 6) is -2.50. The van der Waals surface area contributed by atoms with Gasteiger partial charge < -0.3 is 0 Å². The van der Waals surface area contributed by atoms with Gasteiger partial charge in [-0.25, -0.2) is 9.69 Å². The Hall–Kier alpha value is -2.62. The zero-order chi connectivity index (χ0) is 17.1. The van der Waals surface area contributed by atoms with Crippen LogP contribution in [0.5, 0.6) is 0 Å². The standard InChI is InChI=1S/C16H11IN4O3/c17-10-1-3-12(4-2-10)21-15(23)13(14(22)20-16(21)24)9-19-11-5-7-18-8-6-11/h1-9,13H,(H,20,22,24)/t13-/m0/s1. The molecule has 0 saturated carbocycles. The number of aliphatic imine (C=N–C) groups is 1. The van der Waals surface area contributed by atoms with Crippen LogP contribution < -0.4 is 10.2 Å². The number of carbonyl (C=O) groups excluding carboxylic acids is 3. The fourth-order valence-electron chi connectivity index (χ4n) is 2.15. The molecule has 1 aliphatic heterocycles. The molecule has 7 nitrogen and oxygen atoms in total. The molecule has 0 radical (unpaired) electrons. The van der Waals surface area contributed by atoms with Crippen LogP contribution in [0.2, 0.25) is 0 Å². The minimum atomic E-state index is -1.17. The molecule has 2 aromatic rings. The summed E-state index contributed by atoms with van der Waals surface area (Å²) in [6, 6.07) is 9.35. The largest absolute Gasteiger partial charge is 0.335 e. The van der Waals surface area contributed by atoms with Crippen molar-refractivity contribution < 1.29 is 14.4 Å². The molecule has 120 valence electrons. The van der Waals surface area contributed by atoms with Gasteiger partial charge in [-0.2, -0.15) is 0 Å². The zero-order valence-corrected chi connectivity index (χ0v) is 14.4. The lowest BCUT2D eigenvalue weighted by atomic mass is 10.1. The quantitative estimate of drug-likeness (QED) is 0.456. The first kappa shape index (κ1) is 16.2. The molecular weight excluding hydrogens is 423 g/mol. The highest BCUT2D eigenvalue weighted by atomic mass is 127. The Balaban J connectivity index is 1.88. The van der Waals surface area contributed by atoms with Crippen molar-refractivity contribution >= 4 is 58.0 Å². The Morgan fingerprint density at radius 1 is 1.08 bits per heavy atom. The number of nitrogens with zero attached hydrogens (tertiary/aromatic N) is 3. The molecule has 4 amide bonds. The molecule has 0 unspecified atom stereocenters. The Morgan fingerprint density at radius 3 is 2.42 bits per heavy atom. The van der Waals surface area contributed by atoms with E-state index in [1.807, 2.05) is 0 Å². The van der Waals surface area contributed by atoms with Gasteiger partial charge in [-0.05, 0) is 59.0 Å². The van der Waals surface area contributed by atoms with Crippen molar-refractivity contribution in [3.8, 4) is 0 Å². The average molecular weight is 434 g/mol. The third kappa shape index (κ3) is 3.32. The number of carbonyl (C=O) groups is 3. The topological polar surface area (TPSA) is 91.7 Å². The average Bonchev–Trinajstić information content (AvgIpc) is 2.57. The fraction of sp³-hybridized carbons (Fsp3) is 0.0625. The number of aromatic nitrogens is 1. The van der Waals surface area contributed by atoms with Crippen LogP contribution in [-0.4, -0.2) is 29.0 Å². The Kier molecular flexibility index (Phi) is 4.65. The van der Waals surface area contributed by atoms with Gasteiger partial charge in [0.25, 0.3) is 5.91 Å². The monoisotopic (exact) mass is 434 g/mol. The second kappa shape index (κ2) is 6.87. The molecule has 1 atom stereocenters. The van der Waals surface area contributed by atoms with E-state index >= 15 is 0 Å². The first-order valence-electron chi connectivity index (χ1n) is 6.95. The van der Waals surface area contributed by atoms with Crippen LogP contribution >= 0.6 is 22.6 Å². The molecule has 0 aliphatic carbocycles. The van der Waals surface area contributed by atoms with Gasteiger partial charge in [0, 0.05) is 22.2 Å². The van der Waals surface area contributed by atoms with Crippen molar-refractivity contribution in [3.05, 3.63) is 52.4 Å². The highest BCUT2D eigenvalue weighted by Crippen LogP contribution is 2.21. The van der Waals surface area contributed by atoms with Crippen molar-refractivity contribution in [2.45, 2.75) is 0 Å². The minimum Gasteiger partial charge on any atom is -0.276 e. The van der Waals surface area contributed by atoms with Gasteiger partial charge >= 0.3 is 6.03 Å². The molecule has 1 N–H and O–H groups in total. The summed E-state index contributed by atoms with van der Waals surface area (Å²) in [6.07, 6.45) is 4.34. The van der Waals surface area contributed by atoms with E-state index in [1.165, 1.54) is 6.21 Å². The number of imide groups is 2. The molecule has 1 aromatic heterocycles. The van der Waals surface area contributed by atoms with Crippen LogP contribution in [0.1, 0.15) is 0 Å². The lowest BCUT2D eigenvalue weighted by Crippen LogP contribution is -2.58. The molecule has 1 aromatic carbocycles. The number of rotatable bonds is 3. The molecule has 3 rings (SSSR count). The van der Waals surface area contributed by atoms with Gasteiger partial charge in [0.05, 0.1) is 11.4 Å². The van der Waals surface area contributed by atoms with Crippen molar-refractivity contribution in [2.75, 3.05) is 4.90 Å². The van der Waals surface area contributed by atoms with Crippen LogP contribution in [0.15, 0.2) is 53.8 Å². The van der Waals surface area contributed by atoms with Crippen LogP contribution in [-0.2, 0) is 9.59 Å². The Labute approximate surface area is 150 Å². The van der Waals surface area contributed by atoms with Crippen molar-refractivity contribution in [2.24, 2.45) is 10.9 Å². The third-order valence-corrected chi connectivity index (χ3v) is 4.04. The highest BCUT2D eigenvalue weighted by molar-refractivity contribution is 14.1. The van der Waals surface area contributed by atoms with E-state index in [9.17, 15) is 14.4 Å². The van der Waals surface area contributed by atoms with E-state index in [4.69, 9.17) is 0 Å². The second-order valence-corrected chi connectivity index (χ2v) is 6.15. The molecule has 8 heteroatoms. The van der Waals surface area contributed by atoms with Gasteiger partial charge in [-0.15, -0.1) is 0 Å². The van der Waals surface area contributed by atoms with E-state index < -0.39 is 23.8 Å². The summed E-state index contributed by atoms with van der Waals surface area (Å²) in [7, 11) is 0. The minimum absolute atomic E-state index is 0.396. The fourth-order valence-corrected chi connectivity index (χ4v) is 2.51. The van der Waals surface area contributed by atoms with E-state index in [-0.39, 0.29) is 0 Å². The van der Waals surface area contributed by atoms with Crippen molar-refractivity contribution in [1.29, 1.82) is 0 Å². The first-order valence-corrected chi connectivity index (χ1v) is 8.03. The number of hydrogen-bond donors (Lipinski definition) is 1. The first-order chi connectivity index (χ1) is 11.6. The lowest BCUT2D eigenvalue weighted by Gasteiger charge is -2.28. The maximum Gasteiger partial charge on any atom is 0.335 e. The van der Waals surface area contributed by atoms with Gasteiger partial charge in [0.1, 0.15) is 0 Å². The van der Waals surface area contributed by atoms with Gasteiger partial charge in [-0.1, -0.05) is 0 Å². The number of benzene rings is 1. The summed E-state index contributed by atoms with van der Waals surface area (Å²) >= 11 is 2.12. The SMILES string of the molecule is O=C1NC(=O)N(c2ccc(I)cc2)C(=O)[C@H]1C=Nc1ccncc1. The number of barbiturate groups is 1. The molecule has 2 heterocycles. The maximum absolute atomic E-state index is 12.6. The van der Waals surface area contributed by atoms with Crippen LogP contribution in [0, 0.1) is 9.49 Å². The van der Waals surface area contributed by atoms with E-state index in [0.29, 0.717) is 11.4 Å². The van der Waals surface area contributed by atoms with Crippen molar-refractivity contribution in [1.82, 2.24) is 10.3 Å². The zero-order valence-electron chi connectivity index (χ0n) is 12.2. The van der Waals surface area contributed by atoms with Crippen LogP contribution in [0.4, 0.5) is 16.2 Å². The molecule has 1 aliphatic rings. The number of anilines is 1. The maximum atomic E-state index is 12.6. The number of nitrogens with one attached hydrogen (secondary N) is 1. The number of hydrogen-bond acceptors (Lipinski definition) is 5. The van der Waals surface area contributed by atoms with E-state index in [1.54, 1.807) is 48.8 Å². The summed E-state index contributed by atoms with van der Waals surface area (Å²) in [6.45, 7) is 0. The predicted molar refractivity (Wildman–Crippen MR) is 96.1 cm³/mol. The summed E-state index contributed by atoms with van der Waals surface area (Å²) in [5.41, 5.74) is 0.955. The van der Waals surface area contributed by atoms with Gasteiger partial charge in [0.15, 0.2) is 5.92 Å². The number of urea groups is 1. The number of halogens is 1. The Morgan fingerprint density at radius 2 is 1.75 bits per heavy atom. The third-order valence-electron chi connectivity index (χ3n) is 3.32. The molecule has 24 heavy (non-hydrogen) atoms. The highest BCUT2D eigenvalue weighted by Gasteiger charge is 2.40. The molecule has 1 fully saturated rings. The molecule has 0 bridgehead atoms. The summed E-state index contributed by atoms with van der Waals surface area (Å²) < 4.78 is 0.966. The molecule has 0 spiro atoms. The summed E-state index contributed by atoms with van der Waals surface area (Å²) in [5, 5.41) is 2.18. The number of amides is 4. The summed E-state index contributed by atoms with van der Waals surface area (Å²) in [4.78, 5) is 45.5. The van der Waals surface area contributed by atoms with Gasteiger partial charge in [0.2, 0.25) is 5.91 Å². The molecular formula is C16H11IN4O3. The number of pyridine rings is 1. The lowest BCUT2D eigenvalue weighted by molar-refractivity contribution is -0.131. The Bertz CT molecular complexity index is 821. The van der Waals surface area contributed by atoms with Crippen LogP contribution in [0.3, 0.4) is 0 Å².